The molecule has 2 aliphatic rings. The number of Topliss-reactive ketones (excluding diaryl/α,β-unsaturated/α-hetero) is 1. The molecule has 0 saturated carbocycles. The molecule has 36 heavy (non-hydrogen) atoms. The Morgan fingerprint density at radius 1 is 0.861 bits per heavy atom. The van der Waals surface area contributed by atoms with Gasteiger partial charge in [0, 0.05) is 17.7 Å². The molecule has 0 unspecified atom stereocenters. The van der Waals surface area contributed by atoms with E-state index in [-0.39, 0.29) is 29.1 Å². The van der Waals surface area contributed by atoms with Gasteiger partial charge in [0.15, 0.2) is 5.78 Å². The van der Waals surface area contributed by atoms with Crippen molar-refractivity contribution in [1.82, 2.24) is 0 Å². The molecular weight excluding hydrogens is 448 g/mol. The highest BCUT2D eigenvalue weighted by molar-refractivity contribution is 6.01. The van der Waals surface area contributed by atoms with Crippen LogP contribution in [0.25, 0.3) is 0 Å². The molecule has 2 N–H and O–H groups in total. The van der Waals surface area contributed by atoms with Gasteiger partial charge in [-0.15, -0.1) is 0 Å². The number of anilines is 2. The molecule has 1 aliphatic heterocycles. The van der Waals surface area contributed by atoms with Crippen LogP contribution in [0.1, 0.15) is 72.6 Å². The highest BCUT2D eigenvalue weighted by Crippen LogP contribution is 2.44. The van der Waals surface area contributed by atoms with Crippen molar-refractivity contribution in [3.63, 3.8) is 0 Å². The summed E-state index contributed by atoms with van der Waals surface area (Å²) in [5.41, 5.74) is 7.58. The lowest BCUT2D eigenvalue weighted by atomic mass is 9.77. The van der Waals surface area contributed by atoms with E-state index in [1.165, 1.54) is 18.2 Å². The summed E-state index contributed by atoms with van der Waals surface area (Å²) in [5.74, 6) is -0.127. The van der Waals surface area contributed by atoms with Crippen LogP contribution >= 0.6 is 0 Å². The number of fused-ring (bicyclic) bond motifs is 1. The maximum atomic E-state index is 13.7. The van der Waals surface area contributed by atoms with Crippen molar-refractivity contribution in [2.75, 3.05) is 17.7 Å². The molecule has 184 valence electrons. The van der Waals surface area contributed by atoms with E-state index in [4.69, 9.17) is 4.74 Å². The van der Waals surface area contributed by atoms with Gasteiger partial charge in [-0.05, 0) is 58.7 Å². The molecule has 0 radical (unpaired) electrons. The van der Waals surface area contributed by atoms with Gasteiger partial charge in [0.2, 0.25) is 0 Å². The highest BCUT2D eigenvalue weighted by Gasteiger charge is 2.36. The van der Waals surface area contributed by atoms with Gasteiger partial charge in [0.05, 0.1) is 30.1 Å². The maximum absolute atomic E-state index is 13.7. The number of hydrogen-bond acceptors (Lipinski definition) is 5. The van der Waals surface area contributed by atoms with Crippen molar-refractivity contribution in [3.8, 4) is 0 Å². The molecule has 0 aromatic heterocycles. The average molecular weight is 481 g/mol. The van der Waals surface area contributed by atoms with E-state index in [0.29, 0.717) is 12.0 Å². The summed E-state index contributed by atoms with van der Waals surface area (Å²) in [5, 5.41) is 7.18. The second kappa shape index (κ2) is 9.30. The minimum absolute atomic E-state index is 0.0888. The Morgan fingerprint density at radius 2 is 1.50 bits per heavy atom. The number of benzene rings is 3. The van der Waals surface area contributed by atoms with Crippen molar-refractivity contribution < 1.29 is 14.3 Å². The summed E-state index contributed by atoms with van der Waals surface area (Å²) >= 11 is 0. The highest BCUT2D eigenvalue weighted by atomic mass is 16.5. The first kappa shape index (κ1) is 23.9. The van der Waals surface area contributed by atoms with Crippen LogP contribution in [-0.4, -0.2) is 18.9 Å². The average Bonchev–Trinajstić information content (AvgIpc) is 3.05. The number of allylic oxidation sites excluding steroid dienone is 1. The summed E-state index contributed by atoms with van der Waals surface area (Å²) in [4.78, 5) is 25.7. The molecule has 5 rings (SSSR count). The van der Waals surface area contributed by atoms with Crippen molar-refractivity contribution in [2.24, 2.45) is 0 Å². The lowest BCUT2D eigenvalue weighted by molar-refractivity contribution is -0.116. The predicted octanol–water partition coefficient (Wildman–Crippen LogP) is 6.75. The molecule has 5 heteroatoms. The molecule has 0 spiro atoms. The molecule has 1 heterocycles. The Labute approximate surface area is 212 Å². The van der Waals surface area contributed by atoms with Gasteiger partial charge < -0.3 is 15.4 Å². The van der Waals surface area contributed by atoms with Crippen molar-refractivity contribution in [1.29, 1.82) is 0 Å². The predicted molar refractivity (Wildman–Crippen MR) is 143 cm³/mol. The molecule has 5 nitrogen and oxygen atoms in total. The summed E-state index contributed by atoms with van der Waals surface area (Å²) in [6.07, 6.45) is 1.22. The molecule has 0 bridgehead atoms. The third-order valence-electron chi connectivity index (χ3n) is 7.22. The van der Waals surface area contributed by atoms with Crippen LogP contribution in [0.2, 0.25) is 0 Å². The molecule has 2 atom stereocenters. The van der Waals surface area contributed by atoms with E-state index in [0.717, 1.165) is 34.6 Å². The van der Waals surface area contributed by atoms with Crippen LogP contribution in [0.4, 0.5) is 11.4 Å². The number of carbonyl (C=O) groups is 2. The van der Waals surface area contributed by atoms with Crippen LogP contribution < -0.4 is 10.6 Å². The molecule has 0 amide bonds. The number of ketones is 1. The normalized spacial score (nSPS) is 19.4. The fraction of sp³-hybridized carbons (Fsp3) is 0.290. The van der Waals surface area contributed by atoms with Crippen LogP contribution in [0.5, 0.6) is 0 Å². The first-order valence-electron chi connectivity index (χ1n) is 12.4. The number of rotatable bonds is 3. The van der Waals surface area contributed by atoms with Gasteiger partial charge in [-0.25, -0.2) is 4.79 Å². The number of carbonyl (C=O) groups excluding carboxylic acids is 2. The summed E-state index contributed by atoms with van der Waals surface area (Å²) < 4.78 is 4.84. The van der Waals surface area contributed by atoms with Crippen LogP contribution in [-0.2, 0) is 14.9 Å². The molecule has 0 saturated heterocycles. The van der Waals surface area contributed by atoms with Gasteiger partial charge in [0.25, 0.3) is 0 Å². The molecule has 1 aliphatic carbocycles. The number of methoxy groups -OCH3 is 1. The lowest BCUT2D eigenvalue weighted by Crippen LogP contribution is -2.27. The van der Waals surface area contributed by atoms with E-state index in [1.807, 2.05) is 36.4 Å². The molecule has 3 aromatic rings. The fourth-order valence-electron chi connectivity index (χ4n) is 5.16. The van der Waals surface area contributed by atoms with Crippen molar-refractivity contribution in [3.05, 3.63) is 106 Å². The zero-order valence-corrected chi connectivity index (χ0v) is 21.2. The second-order valence-corrected chi connectivity index (χ2v) is 10.7. The minimum atomic E-state index is -0.378. The summed E-state index contributed by atoms with van der Waals surface area (Å²) in [6.45, 7) is 6.63. The molecular formula is C31H32N2O3. The smallest absolute Gasteiger partial charge is 0.337 e. The number of esters is 1. The number of para-hydroxylation sites is 2. The Balaban J connectivity index is 1.53. The first-order chi connectivity index (χ1) is 17.2. The Hall–Kier alpha value is -3.86. The maximum Gasteiger partial charge on any atom is 0.337 e. The SMILES string of the molecule is COC(=O)c1ccc([C@@H]2Nc3ccccc3NC3=C2C(=O)C[C@@H](c2ccc(C(C)(C)C)cc2)C3)cc1. The quantitative estimate of drug-likeness (QED) is 0.406. The Morgan fingerprint density at radius 3 is 2.14 bits per heavy atom. The molecule has 0 fully saturated rings. The topological polar surface area (TPSA) is 67.4 Å². The number of ether oxygens (including phenoxy) is 1. The fourth-order valence-corrected chi connectivity index (χ4v) is 5.16. The zero-order chi connectivity index (χ0) is 25.4. The van der Waals surface area contributed by atoms with Crippen molar-refractivity contribution >= 4 is 23.1 Å². The lowest BCUT2D eigenvalue weighted by Gasteiger charge is -2.30. The van der Waals surface area contributed by atoms with E-state index in [2.05, 4.69) is 55.7 Å². The van der Waals surface area contributed by atoms with Gasteiger partial charge in [0.1, 0.15) is 0 Å². The van der Waals surface area contributed by atoms with Crippen LogP contribution in [0, 0.1) is 0 Å². The zero-order valence-electron chi connectivity index (χ0n) is 21.2. The Kier molecular flexibility index (Phi) is 6.17. The standard InChI is InChI=1S/C31H32N2O3/c1-31(2,3)23-15-13-19(14-16-23)22-17-26-28(27(34)18-22)29(33-25-8-6-5-7-24(25)32-26)20-9-11-21(12-10-20)30(35)36-4/h5-16,22,29,32-33H,17-18H2,1-4H3/t22-,29-/m0/s1. The van der Waals surface area contributed by atoms with Gasteiger partial charge in [-0.1, -0.05) is 69.3 Å². The number of nitrogens with one attached hydrogen (secondary N) is 2. The van der Waals surface area contributed by atoms with Gasteiger partial charge in [-0.2, -0.15) is 0 Å². The second-order valence-electron chi connectivity index (χ2n) is 10.7. The summed E-state index contributed by atoms with van der Waals surface area (Å²) in [6, 6.07) is 23.7. The first-order valence-corrected chi connectivity index (χ1v) is 12.4. The van der Waals surface area contributed by atoms with Gasteiger partial charge in [-0.3, -0.25) is 4.79 Å². The van der Waals surface area contributed by atoms with Crippen LogP contribution in [0.3, 0.4) is 0 Å². The molecule has 3 aromatic carbocycles. The number of hydrogen-bond donors (Lipinski definition) is 2. The van der Waals surface area contributed by atoms with Crippen LogP contribution in [0.15, 0.2) is 84.1 Å². The minimum Gasteiger partial charge on any atom is -0.465 e. The Bertz CT molecular complexity index is 1330. The van der Waals surface area contributed by atoms with Gasteiger partial charge >= 0.3 is 5.97 Å². The van der Waals surface area contributed by atoms with E-state index >= 15 is 0 Å². The van der Waals surface area contributed by atoms with Crippen molar-refractivity contribution in [2.45, 2.75) is 51.0 Å². The van der Waals surface area contributed by atoms with E-state index < -0.39 is 0 Å². The largest absolute Gasteiger partial charge is 0.465 e. The monoisotopic (exact) mass is 480 g/mol. The van der Waals surface area contributed by atoms with E-state index in [1.54, 1.807) is 12.1 Å². The third kappa shape index (κ3) is 4.53. The van der Waals surface area contributed by atoms with E-state index in [9.17, 15) is 9.59 Å². The third-order valence-corrected chi connectivity index (χ3v) is 7.22. The summed E-state index contributed by atoms with van der Waals surface area (Å²) in [7, 11) is 1.37.